The van der Waals surface area contributed by atoms with Gasteiger partial charge in [0.15, 0.2) is 0 Å². The molecule has 0 fully saturated rings. The fourth-order valence-electron chi connectivity index (χ4n) is 2.98. The van der Waals surface area contributed by atoms with E-state index < -0.39 is 0 Å². The summed E-state index contributed by atoms with van der Waals surface area (Å²) in [5.41, 5.74) is 2.75. The van der Waals surface area contributed by atoms with Crippen molar-refractivity contribution in [2.45, 2.75) is 126 Å². The second kappa shape index (κ2) is 11.0. The number of aryl methyl sites for hydroxylation is 1. The van der Waals surface area contributed by atoms with Crippen LogP contribution in [0.4, 0.5) is 0 Å². The Morgan fingerprint density at radius 3 is 1.37 bits per heavy atom. The van der Waals surface area contributed by atoms with Gasteiger partial charge in [0.05, 0.1) is 11.2 Å². The molecule has 0 atom stereocenters. The van der Waals surface area contributed by atoms with E-state index in [0.29, 0.717) is 0 Å². The molecule has 0 aromatic carbocycles. The van der Waals surface area contributed by atoms with E-state index >= 15 is 0 Å². The lowest BCUT2D eigenvalue weighted by Gasteiger charge is -2.23. The minimum absolute atomic E-state index is 0.0201. The molecule has 0 amide bonds. The third-order valence-corrected chi connectivity index (χ3v) is 4.92. The number of aromatic nitrogens is 6. The lowest BCUT2D eigenvalue weighted by atomic mass is 9.89. The van der Waals surface area contributed by atoms with Crippen LogP contribution in [0.1, 0.15) is 126 Å². The Bertz CT molecular complexity index is 1070. The van der Waals surface area contributed by atoms with Crippen LogP contribution >= 0.6 is 0 Å². The normalized spacial score (nSPS) is 12.4. The van der Waals surface area contributed by atoms with E-state index in [9.17, 15) is 0 Å². The van der Waals surface area contributed by atoms with Crippen LogP contribution in [0.3, 0.4) is 0 Å². The molecular weight excluding hydrogens is 432 g/mol. The van der Waals surface area contributed by atoms with E-state index in [4.69, 9.17) is 4.98 Å². The summed E-state index contributed by atoms with van der Waals surface area (Å²) < 4.78 is 0. The van der Waals surface area contributed by atoms with Crippen molar-refractivity contribution in [3.05, 3.63) is 47.3 Å². The molecule has 35 heavy (non-hydrogen) atoms. The summed E-state index contributed by atoms with van der Waals surface area (Å²) in [6.07, 6.45) is 1.80. The van der Waals surface area contributed by atoms with Crippen LogP contribution in [-0.2, 0) is 21.7 Å². The van der Waals surface area contributed by atoms with E-state index in [1.54, 1.807) is 6.20 Å². The van der Waals surface area contributed by atoms with E-state index in [-0.39, 0.29) is 21.7 Å². The number of rotatable bonds is 0. The maximum absolute atomic E-state index is 4.77. The van der Waals surface area contributed by atoms with Gasteiger partial charge in [-0.3, -0.25) is 4.98 Å². The summed E-state index contributed by atoms with van der Waals surface area (Å²) in [5.74, 6) is 3.44. The maximum Gasteiger partial charge on any atom is 0.137 e. The zero-order chi connectivity index (χ0) is 27.4. The van der Waals surface area contributed by atoms with Gasteiger partial charge in [-0.25, -0.2) is 24.9 Å². The Morgan fingerprint density at radius 1 is 0.543 bits per heavy atom. The molecule has 3 aromatic heterocycles. The Labute approximate surface area is 213 Å². The molecule has 0 bridgehead atoms. The highest BCUT2D eigenvalue weighted by atomic mass is 15.0. The number of hydrogen-bond donors (Lipinski definition) is 0. The van der Waals surface area contributed by atoms with Gasteiger partial charge in [0.1, 0.15) is 28.8 Å². The molecule has 0 aliphatic heterocycles. The first kappa shape index (κ1) is 30.5. The summed E-state index contributed by atoms with van der Waals surface area (Å²) in [7, 11) is 0. The van der Waals surface area contributed by atoms with Crippen LogP contribution in [0.25, 0.3) is 11.0 Å². The van der Waals surface area contributed by atoms with Crippen molar-refractivity contribution in [3.63, 3.8) is 0 Å². The molecule has 6 nitrogen and oxygen atoms in total. The van der Waals surface area contributed by atoms with Crippen molar-refractivity contribution in [1.29, 1.82) is 0 Å². The first-order valence-electron chi connectivity index (χ1n) is 12.7. The van der Waals surface area contributed by atoms with Crippen LogP contribution in [0.5, 0.6) is 0 Å². The molecule has 0 spiro atoms. The molecule has 3 heterocycles. The molecule has 0 saturated carbocycles. The Hall–Kier alpha value is -2.50. The minimum Gasteiger partial charge on any atom is -0.253 e. The summed E-state index contributed by atoms with van der Waals surface area (Å²) in [6, 6.07) is 3.93. The van der Waals surface area contributed by atoms with E-state index in [2.05, 4.69) is 108 Å². The zero-order valence-electron chi connectivity index (χ0n) is 24.9. The van der Waals surface area contributed by atoms with Crippen LogP contribution in [0.2, 0.25) is 0 Å². The van der Waals surface area contributed by atoms with Crippen molar-refractivity contribution in [2.24, 2.45) is 0 Å². The van der Waals surface area contributed by atoms with Gasteiger partial charge in [0, 0.05) is 27.9 Å². The van der Waals surface area contributed by atoms with Gasteiger partial charge in [-0.2, -0.15) is 0 Å². The van der Waals surface area contributed by atoms with Crippen LogP contribution in [0, 0.1) is 6.92 Å². The highest BCUT2D eigenvalue weighted by Gasteiger charge is 2.26. The average molecular weight is 481 g/mol. The second-order valence-electron chi connectivity index (χ2n) is 12.8. The number of nitrogens with zero attached hydrogens (tertiary/aromatic N) is 6. The van der Waals surface area contributed by atoms with E-state index in [0.717, 1.165) is 40.0 Å². The van der Waals surface area contributed by atoms with Gasteiger partial charge < -0.3 is 0 Å². The second-order valence-corrected chi connectivity index (χ2v) is 12.8. The van der Waals surface area contributed by atoms with Gasteiger partial charge in [0.25, 0.3) is 0 Å². The summed E-state index contributed by atoms with van der Waals surface area (Å²) in [6.45, 7) is 31.5. The van der Waals surface area contributed by atoms with Crippen molar-refractivity contribution in [3.8, 4) is 0 Å². The van der Waals surface area contributed by atoms with Crippen molar-refractivity contribution < 1.29 is 0 Å². The summed E-state index contributed by atoms with van der Waals surface area (Å²) in [5, 5.41) is 0. The van der Waals surface area contributed by atoms with E-state index in [1.807, 2.05) is 32.9 Å². The fraction of sp³-hybridized carbons (Fsp3) is 0.655. The van der Waals surface area contributed by atoms with Gasteiger partial charge in [-0.15, -0.1) is 0 Å². The number of pyridine rings is 1. The van der Waals surface area contributed by atoms with Crippen molar-refractivity contribution in [2.75, 3.05) is 0 Å². The molecule has 0 unspecified atom stereocenters. The smallest absolute Gasteiger partial charge is 0.137 e. The quantitative estimate of drug-likeness (QED) is 0.333. The van der Waals surface area contributed by atoms with Crippen LogP contribution in [0.15, 0.2) is 18.3 Å². The standard InChI is InChI=1S/C15H21N3.C12H21N3.C2H6/c1-14(2,3)12-11-10(8-7-9-16-11)17-13(18-12)15(4,5)6;1-8-13-9(11(2,3)4)15-10(14-8)12(5,6)7;1-2/h7-9H,1-6H3;1-7H3;1-2H3. The molecule has 3 aromatic rings. The summed E-state index contributed by atoms with van der Waals surface area (Å²) in [4.78, 5) is 27.2. The Morgan fingerprint density at radius 2 is 0.971 bits per heavy atom. The predicted molar refractivity (Wildman–Crippen MR) is 148 cm³/mol. The van der Waals surface area contributed by atoms with Crippen molar-refractivity contribution >= 4 is 11.0 Å². The third-order valence-electron chi connectivity index (χ3n) is 4.92. The maximum atomic E-state index is 4.77. The first-order chi connectivity index (χ1) is 15.8. The highest BCUT2D eigenvalue weighted by Crippen LogP contribution is 2.29. The number of hydrogen-bond acceptors (Lipinski definition) is 6. The molecule has 0 N–H and O–H groups in total. The lowest BCUT2D eigenvalue weighted by Crippen LogP contribution is -2.24. The van der Waals surface area contributed by atoms with E-state index in [1.165, 1.54) is 0 Å². The molecule has 0 aliphatic carbocycles. The fourth-order valence-corrected chi connectivity index (χ4v) is 2.98. The number of fused-ring (bicyclic) bond motifs is 1. The Balaban J connectivity index is 0.000000332. The monoisotopic (exact) mass is 480 g/mol. The minimum atomic E-state index is -0.0516. The zero-order valence-corrected chi connectivity index (χ0v) is 24.9. The molecule has 194 valence electrons. The highest BCUT2D eigenvalue weighted by molar-refractivity contribution is 5.77. The van der Waals surface area contributed by atoms with Gasteiger partial charge in [0.2, 0.25) is 0 Å². The average Bonchev–Trinajstić information content (AvgIpc) is 2.72. The SMILES string of the molecule is CC.CC(C)(C)c1nc(C(C)(C)C)c2ncccc2n1.Cc1nc(C(C)(C)C)nc(C(C)(C)C)n1. The molecule has 0 radical (unpaired) electrons. The largest absolute Gasteiger partial charge is 0.253 e. The van der Waals surface area contributed by atoms with Gasteiger partial charge in [-0.1, -0.05) is 96.9 Å². The Kier molecular flexibility index (Phi) is 9.64. The summed E-state index contributed by atoms with van der Waals surface area (Å²) >= 11 is 0. The molecule has 3 rings (SSSR count). The van der Waals surface area contributed by atoms with Gasteiger partial charge >= 0.3 is 0 Å². The predicted octanol–water partition coefficient (Wildman–Crippen LogP) is 7.42. The molecule has 0 saturated heterocycles. The molecular formula is C29H48N6. The van der Waals surface area contributed by atoms with Crippen LogP contribution < -0.4 is 0 Å². The third kappa shape index (κ3) is 8.59. The lowest BCUT2D eigenvalue weighted by molar-refractivity contribution is 0.491. The topological polar surface area (TPSA) is 77.3 Å². The van der Waals surface area contributed by atoms with Crippen LogP contribution in [-0.4, -0.2) is 29.9 Å². The van der Waals surface area contributed by atoms with Gasteiger partial charge in [-0.05, 0) is 19.1 Å². The van der Waals surface area contributed by atoms with Crippen molar-refractivity contribution in [1.82, 2.24) is 29.9 Å². The molecule has 0 aliphatic rings. The first-order valence-corrected chi connectivity index (χ1v) is 12.7. The molecule has 6 heteroatoms.